The van der Waals surface area contributed by atoms with Crippen LogP contribution >= 0.6 is 0 Å². The molecule has 144 valence electrons. The molecular formula is C18H15F3N6O. The molecule has 28 heavy (non-hydrogen) atoms. The van der Waals surface area contributed by atoms with Gasteiger partial charge in [0.05, 0.1) is 11.1 Å². The first-order valence-corrected chi connectivity index (χ1v) is 8.20. The summed E-state index contributed by atoms with van der Waals surface area (Å²) in [4.78, 5) is 5.64. The van der Waals surface area contributed by atoms with Gasteiger partial charge in [0.2, 0.25) is 5.89 Å². The van der Waals surface area contributed by atoms with E-state index in [-0.39, 0.29) is 5.89 Å². The quantitative estimate of drug-likeness (QED) is 0.507. The van der Waals surface area contributed by atoms with E-state index in [0.29, 0.717) is 35.9 Å². The Kier molecular flexibility index (Phi) is 5.44. The number of anilines is 2. The van der Waals surface area contributed by atoms with Gasteiger partial charge in [-0.25, -0.2) is 4.98 Å². The number of nitriles is 1. The minimum atomic E-state index is -4.39. The Morgan fingerprint density at radius 1 is 1.18 bits per heavy atom. The summed E-state index contributed by atoms with van der Waals surface area (Å²) in [6.45, 7) is 0.432. The van der Waals surface area contributed by atoms with E-state index in [4.69, 9.17) is 9.68 Å². The lowest BCUT2D eigenvalue weighted by Gasteiger charge is -2.10. The molecule has 0 bridgehead atoms. The van der Waals surface area contributed by atoms with E-state index >= 15 is 0 Å². The summed E-state index contributed by atoms with van der Waals surface area (Å²) in [5.41, 5.74) is 0.210. The molecule has 1 N–H and O–H groups in total. The lowest BCUT2D eigenvalue weighted by molar-refractivity contribution is -0.137. The lowest BCUT2D eigenvalue weighted by Crippen LogP contribution is -2.14. The monoisotopic (exact) mass is 388 g/mol. The van der Waals surface area contributed by atoms with Gasteiger partial charge < -0.3 is 14.6 Å². The first-order chi connectivity index (χ1) is 13.4. The number of pyridine rings is 1. The van der Waals surface area contributed by atoms with Crippen molar-refractivity contribution in [3.63, 3.8) is 0 Å². The number of alkyl halides is 3. The fraction of sp³-hybridized carbons (Fsp3) is 0.222. The largest absolute Gasteiger partial charge is 0.420 e. The summed E-state index contributed by atoms with van der Waals surface area (Å²) in [7, 11) is 1.64. The van der Waals surface area contributed by atoms with Crippen molar-refractivity contribution in [1.82, 2.24) is 20.1 Å². The number of nitrogens with one attached hydrogen (secondary N) is 1. The van der Waals surface area contributed by atoms with Crippen LogP contribution in [0.25, 0.3) is 11.5 Å². The minimum absolute atomic E-state index is 0.220. The maximum Gasteiger partial charge on any atom is 0.416 e. The molecule has 0 aliphatic carbocycles. The van der Waals surface area contributed by atoms with Crippen LogP contribution in [0.4, 0.5) is 24.7 Å². The molecule has 10 heteroatoms. The van der Waals surface area contributed by atoms with Gasteiger partial charge in [-0.1, -0.05) is 0 Å². The standard InChI is InChI=1S/C18H15F3N6O/c1-27(11-22)10-8-15-25-26-17(28-15)14-3-2-9-23-16(14)24-13-6-4-12(5-7-13)18(19,20)21/h2-7,9H,8,10H2,1H3,(H,23,24). The Morgan fingerprint density at radius 3 is 2.61 bits per heavy atom. The Hall–Kier alpha value is -3.61. The van der Waals surface area contributed by atoms with Crippen molar-refractivity contribution in [3.8, 4) is 17.6 Å². The summed E-state index contributed by atoms with van der Waals surface area (Å²) in [5.74, 6) is 0.949. The van der Waals surface area contributed by atoms with Gasteiger partial charge in [-0.05, 0) is 36.4 Å². The molecular weight excluding hydrogens is 373 g/mol. The fourth-order valence-electron chi connectivity index (χ4n) is 2.33. The van der Waals surface area contributed by atoms with Crippen molar-refractivity contribution in [3.05, 3.63) is 54.0 Å². The van der Waals surface area contributed by atoms with Crippen LogP contribution in [0.5, 0.6) is 0 Å². The van der Waals surface area contributed by atoms with Crippen molar-refractivity contribution in [1.29, 1.82) is 5.26 Å². The lowest BCUT2D eigenvalue weighted by atomic mass is 10.2. The summed E-state index contributed by atoms with van der Waals surface area (Å²) >= 11 is 0. The number of benzene rings is 1. The van der Waals surface area contributed by atoms with Gasteiger partial charge in [0, 0.05) is 31.9 Å². The van der Waals surface area contributed by atoms with E-state index in [1.165, 1.54) is 23.2 Å². The van der Waals surface area contributed by atoms with Gasteiger partial charge in [-0.3, -0.25) is 0 Å². The van der Waals surface area contributed by atoms with Crippen molar-refractivity contribution >= 4 is 11.5 Å². The van der Waals surface area contributed by atoms with Crippen molar-refractivity contribution in [2.24, 2.45) is 0 Å². The molecule has 0 saturated carbocycles. The minimum Gasteiger partial charge on any atom is -0.420 e. The van der Waals surface area contributed by atoms with Gasteiger partial charge in [0.1, 0.15) is 5.82 Å². The third kappa shape index (κ3) is 4.56. The van der Waals surface area contributed by atoms with Gasteiger partial charge >= 0.3 is 6.18 Å². The highest BCUT2D eigenvalue weighted by atomic mass is 19.4. The molecule has 3 rings (SSSR count). The predicted molar refractivity (Wildman–Crippen MR) is 94.2 cm³/mol. The number of nitrogens with zero attached hydrogens (tertiary/aromatic N) is 5. The summed E-state index contributed by atoms with van der Waals surface area (Å²) < 4.78 is 43.7. The zero-order valence-electron chi connectivity index (χ0n) is 14.7. The van der Waals surface area contributed by atoms with Crippen LogP contribution in [-0.4, -0.2) is 33.7 Å². The molecule has 0 atom stereocenters. The highest BCUT2D eigenvalue weighted by Crippen LogP contribution is 2.31. The van der Waals surface area contributed by atoms with Gasteiger partial charge in [-0.15, -0.1) is 10.2 Å². The van der Waals surface area contributed by atoms with Crippen molar-refractivity contribution < 1.29 is 17.6 Å². The first kappa shape index (κ1) is 19.2. The van der Waals surface area contributed by atoms with Gasteiger partial charge in [-0.2, -0.15) is 18.4 Å². The van der Waals surface area contributed by atoms with Crippen LogP contribution in [0.2, 0.25) is 0 Å². The average Bonchev–Trinajstić information content (AvgIpc) is 3.15. The molecule has 0 spiro atoms. The third-order valence-corrected chi connectivity index (χ3v) is 3.81. The van der Waals surface area contributed by atoms with Crippen molar-refractivity contribution in [2.45, 2.75) is 12.6 Å². The Labute approximate surface area is 158 Å². The highest BCUT2D eigenvalue weighted by molar-refractivity contribution is 5.73. The van der Waals surface area contributed by atoms with Crippen LogP contribution in [0.3, 0.4) is 0 Å². The summed E-state index contributed by atoms with van der Waals surface area (Å²) in [6.07, 6.45) is -0.479. The zero-order valence-corrected chi connectivity index (χ0v) is 14.7. The van der Waals surface area contributed by atoms with Gasteiger partial charge in [0.25, 0.3) is 5.89 Å². The number of hydrogen-bond donors (Lipinski definition) is 1. The molecule has 1 aromatic carbocycles. The van der Waals surface area contributed by atoms with E-state index in [1.807, 2.05) is 6.19 Å². The molecule has 7 nitrogen and oxygen atoms in total. The molecule has 0 aliphatic heterocycles. The molecule has 0 aliphatic rings. The van der Waals surface area contributed by atoms with Crippen LogP contribution in [-0.2, 0) is 12.6 Å². The Balaban J connectivity index is 1.79. The molecule has 3 aromatic rings. The summed E-state index contributed by atoms with van der Waals surface area (Å²) in [6, 6.07) is 8.00. The zero-order chi connectivity index (χ0) is 20.1. The number of hydrogen-bond acceptors (Lipinski definition) is 7. The molecule has 0 unspecified atom stereocenters. The Morgan fingerprint density at radius 2 is 1.93 bits per heavy atom. The van der Waals surface area contributed by atoms with Crippen LogP contribution in [0, 0.1) is 11.5 Å². The molecule has 0 amide bonds. The van der Waals surface area contributed by atoms with E-state index < -0.39 is 11.7 Å². The maximum atomic E-state index is 12.7. The second kappa shape index (κ2) is 7.96. The Bertz CT molecular complexity index is 978. The molecule has 0 radical (unpaired) electrons. The number of halogens is 3. The normalized spacial score (nSPS) is 11.1. The molecule has 0 saturated heterocycles. The highest BCUT2D eigenvalue weighted by Gasteiger charge is 2.30. The van der Waals surface area contributed by atoms with E-state index in [2.05, 4.69) is 20.5 Å². The average molecular weight is 388 g/mol. The van der Waals surface area contributed by atoms with Crippen LogP contribution < -0.4 is 5.32 Å². The maximum absolute atomic E-state index is 12.7. The van der Waals surface area contributed by atoms with E-state index in [1.54, 1.807) is 19.2 Å². The van der Waals surface area contributed by atoms with Crippen molar-refractivity contribution in [2.75, 3.05) is 18.9 Å². The summed E-state index contributed by atoms with van der Waals surface area (Å²) in [5, 5.41) is 19.7. The third-order valence-electron chi connectivity index (χ3n) is 3.81. The van der Waals surface area contributed by atoms with E-state index in [0.717, 1.165) is 12.1 Å². The predicted octanol–water partition coefficient (Wildman–Crippen LogP) is 3.85. The van der Waals surface area contributed by atoms with Gasteiger partial charge in [0.15, 0.2) is 6.19 Å². The first-order valence-electron chi connectivity index (χ1n) is 8.20. The number of likely N-dealkylation sites (N-methyl/N-ethyl adjacent to an activating group) is 1. The molecule has 2 heterocycles. The SMILES string of the molecule is CN(C#N)CCc1nnc(-c2cccnc2Nc2ccc(C(F)(F)F)cc2)o1. The second-order valence-corrected chi connectivity index (χ2v) is 5.87. The van der Waals surface area contributed by atoms with Crippen LogP contribution in [0.15, 0.2) is 47.0 Å². The smallest absolute Gasteiger partial charge is 0.416 e. The van der Waals surface area contributed by atoms with Crippen LogP contribution in [0.1, 0.15) is 11.5 Å². The number of aromatic nitrogens is 3. The second-order valence-electron chi connectivity index (χ2n) is 5.87. The topological polar surface area (TPSA) is 90.9 Å². The molecule has 2 aromatic heterocycles. The number of rotatable bonds is 6. The van der Waals surface area contributed by atoms with E-state index in [9.17, 15) is 13.2 Å². The molecule has 0 fully saturated rings. The fourth-order valence-corrected chi connectivity index (χ4v) is 2.33.